The summed E-state index contributed by atoms with van der Waals surface area (Å²) in [5.41, 5.74) is 2.40. The summed E-state index contributed by atoms with van der Waals surface area (Å²) in [6.45, 7) is 3.17. The predicted octanol–water partition coefficient (Wildman–Crippen LogP) is 3.94. The summed E-state index contributed by atoms with van der Waals surface area (Å²) in [4.78, 5) is 12.0. The van der Waals surface area contributed by atoms with Gasteiger partial charge in [-0.25, -0.2) is 0 Å². The van der Waals surface area contributed by atoms with Gasteiger partial charge in [-0.2, -0.15) is 0 Å². The third-order valence-electron chi connectivity index (χ3n) is 3.34. The molecule has 0 aliphatic rings. The van der Waals surface area contributed by atoms with Gasteiger partial charge in [-0.15, -0.1) is 0 Å². The van der Waals surface area contributed by atoms with Crippen LogP contribution >= 0.6 is 11.6 Å². The van der Waals surface area contributed by atoms with E-state index in [1.54, 1.807) is 24.3 Å². The molecule has 2 N–H and O–H groups in total. The van der Waals surface area contributed by atoms with Crippen LogP contribution in [0.1, 0.15) is 30.6 Å². The fourth-order valence-electron chi connectivity index (χ4n) is 2.09. The standard InChI is InChI=1S/C18H20ClNO3/c1-2-23-12-13-3-9-16(10-4-13)20-18(22)11-17(21)14-5-7-15(19)8-6-14/h3-10,17,21H,2,11-12H2,1H3,(H,20,22). The van der Waals surface area contributed by atoms with Crippen molar-refractivity contribution >= 4 is 23.2 Å². The van der Waals surface area contributed by atoms with Crippen molar-refractivity contribution in [3.8, 4) is 0 Å². The zero-order valence-electron chi connectivity index (χ0n) is 13.0. The Labute approximate surface area is 141 Å². The summed E-state index contributed by atoms with van der Waals surface area (Å²) in [7, 11) is 0. The van der Waals surface area contributed by atoms with Gasteiger partial charge in [-0.1, -0.05) is 35.9 Å². The van der Waals surface area contributed by atoms with E-state index in [2.05, 4.69) is 5.32 Å². The molecule has 0 saturated carbocycles. The number of amides is 1. The maximum Gasteiger partial charge on any atom is 0.227 e. The summed E-state index contributed by atoms with van der Waals surface area (Å²) >= 11 is 5.80. The topological polar surface area (TPSA) is 58.6 Å². The molecule has 5 heteroatoms. The summed E-state index contributed by atoms with van der Waals surface area (Å²) in [6.07, 6.45) is -0.869. The molecule has 1 atom stereocenters. The van der Waals surface area contributed by atoms with E-state index in [0.717, 1.165) is 5.56 Å². The van der Waals surface area contributed by atoms with Gasteiger partial charge >= 0.3 is 0 Å². The molecule has 0 spiro atoms. The van der Waals surface area contributed by atoms with Gasteiger partial charge in [0.2, 0.25) is 5.91 Å². The average molecular weight is 334 g/mol. The molecule has 0 aliphatic carbocycles. The van der Waals surface area contributed by atoms with Crippen molar-refractivity contribution < 1.29 is 14.6 Å². The molecule has 2 aromatic rings. The van der Waals surface area contributed by atoms with Crippen molar-refractivity contribution in [2.45, 2.75) is 26.1 Å². The monoisotopic (exact) mass is 333 g/mol. The second-order valence-corrected chi connectivity index (χ2v) is 5.59. The molecule has 4 nitrogen and oxygen atoms in total. The zero-order chi connectivity index (χ0) is 16.7. The SMILES string of the molecule is CCOCc1ccc(NC(=O)CC(O)c2ccc(Cl)cc2)cc1. The van der Waals surface area contributed by atoms with Crippen LogP contribution in [-0.2, 0) is 16.1 Å². The summed E-state index contributed by atoms with van der Waals surface area (Å²) in [5.74, 6) is -0.245. The Hall–Kier alpha value is -1.88. The minimum Gasteiger partial charge on any atom is -0.388 e. The summed E-state index contributed by atoms with van der Waals surface area (Å²) in [6, 6.07) is 14.2. The molecule has 2 rings (SSSR count). The first-order chi connectivity index (χ1) is 11.1. The Kier molecular flexibility index (Phi) is 6.59. The molecule has 0 aliphatic heterocycles. The second-order valence-electron chi connectivity index (χ2n) is 5.15. The van der Waals surface area contributed by atoms with Gasteiger partial charge in [0.25, 0.3) is 0 Å². The van der Waals surface area contributed by atoms with Crippen molar-refractivity contribution in [2.24, 2.45) is 0 Å². The number of aliphatic hydroxyl groups excluding tert-OH is 1. The number of hydrogen-bond donors (Lipinski definition) is 2. The van der Waals surface area contributed by atoms with Crippen molar-refractivity contribution in [1.82, 2.24) is 0 Å². The molecule has 122 valence electrons. The minimum absolute atomic E-state index is 0.0116. The summed E-state index contributed by atoms with van der Waals surface area (Å²) < 4.78 is 5.32. The van der Waals surface area contributed by atoms with E-state index in [1.165, 1.54) is 0 Å². The average Bonchev–Trinajstić information content (AvgIpc) is 2.54. The predicted molar refractivity (Wildman–Crippen MR) is 91.4 cm³/mol. The Morgan fingerprint density at radius 2 is 1.83 bits per heavy atom. The lowest BCUT2D eigenvalue weighted by atomic mass is 10.1. The summed E-state index contributed by atoms with van der Waals surface area (Å²) in [5, 5.41) is 13.4. The normalized spacial score (nSPS) is 12.0. The number of carbonyl (C=O) groups is 1. The van der Waals surface area contributed by atoms with Crippen LogP contribution in [0.4, 0.5) is 5.69 Å². The number of anilines is 1. The van der Waals surface area contributed by atoms with Gasteiger partial charge in [0.1, 0.15) is 0 Å². The molecule has 1 unspecified atom stereocenters. The maximum atomic E-state index is 12.0. The highest BCUT2D eigenvalue weighted by Gasteiger charge is 2.13. The van der Waals surface area contributed by atoms with Gasteiger partial charge in [0.05, 0.1) is 19.1 Å². The van der Waals surface area contributed by atoms with Crippen LogP contribution in [0.5, 0.6) is 0 Å². The van der Waals surface area contributed by atoms with Gasteiger partial charge in [-0.05, 0) is 42.3 Å². The highest BCUT2D eigenvalue weighted by atomic mass is 35.5. The van der Waals surface area contributed by atoms with Crippen LogP contribution in [0, 0.1) is 0 Å². The Morgan fingerprint density at radius 1 is 1.17 bits per heavy atom. The van der Waals surface area contributed by atoms with E-state index >= 15 is 0 Å². The van der Waals surface area contributed by atoms with Crippen LogP contribution in [0.2, 0.25) is 5.02 Å². The lowest BCUT2D eigenvalue weighted by Crippen LogP contribution is -2.15. The van der Waals surface area contributed by atoms with E-state index in [4.69, 9.17) is 16.3 Å². The fourth-order valence-corrected chi connectivity index (χ4v) is 2.22. The smallest absolute Gasteiger partial charge is 0.227 e. The number of halogens is 1. The van der Waals surface area contributed by atoms with Crippen molar-refractivity contribution in [3.63, 3.8) is 0 Å². The number of carbonyl (C=O) groups excluding carboxylic acids is 1. The van der Waals surface area contributed by atoms with Crippen LogP contribution in [0.15, 0.2) is 48.5 Å². The van der Waals surface area contributed by atoms with E-state index in [0.29, 0.717) is 29.5 Å². The number of nitrogens with one attached hydrogen (secondary N) is 1. The molecule has 0 bridgehead atoms. The van der Waals surface area contributed by atoms with Crippen LogP contribution in [0.25, 0.3) is 0 Å². The zero-order valence-corrected chi connectivity index (χ0v) is 13.7. The maximum absolute atomic E-state index is 12.0. The molecular weight excluding hydrogens is 314 g/mol. The first-order valence-corrected chi connectivity index (χ1v) is 7.86. The molecule has 0 fully saturated rings. The number of rotatable bonds is 7. The molecular formula is C18H20ClNO3. The van der Waals surface area contributed by atoms with Gasteiger partial charge in [-0.3, -0.25) is 4.79 Å². The Balaban J connectivity index is 1.87. The van der Waals surface area contributed by atoms with Gasteiger partial charge < -0.3 is 15.2 Å². The van der Waals surface area contributed by atoms with Gasteiger partial charge in [0, 0.05) is 17.3 Å². The van der Waals surface area contributed by atoms with E-state index in [1.807, 2.05) is 31.2 Å². The molecule has 2 aromatic carbocycles. The second kappa shape index (κ2) is 8.67. The number of benzene rings is 2. The van der Waals surface area contributed by atoms with E-state index < -0.39 is 6.10 Å². The van der Waals surface area contributed by atoms with Crippen molar-refractivity contribution in [3.05, 3.63) is 64.7 Å². The van der Waals surface area contributed by atoms with Crippen LogP contribution in [0.3, 0.4) is 0 Å². The van der Waals surface area contributed by atoms with Crippen molar-refractivity contribution in [2.75, 3.05) is 11.9 Å². The number of aliphatic hydroxyl groups is 1. The fraction of sp³-hybridized carbons (Fsp3) is 0.278. The Bertz CT molecular complexity index is 626. The molecule has 0 aromatic heterocycles. The molecule has 0 radical (unpaired) electrons. The lowest BCUT2D eigenvalue weighted by Gasteiger charge is -2.12. The third-order valence-corrected chi connectivity index (χ3v) is 3.60. The quantitative estimate of drug-likeness (QED) is 0.807. The molecule has 0 saturated heterocycles. The van der Waals surface area contributed by atoms with Crippen molar-refractivity contribution in [1.29, 1.82) is 0 Å². The van der Waals surface area contributed by atoms with Crippen LogP contribution < -0.4 is 5.32 Å². The molecule has 23 heavy (non-hydrogen) atoms. The molecule has 1 amide bonds. The number of ether oxygens (including phenoxy) is 1. The van der Waals surface area contributed by atoms with Gasteiger partial charge in [0.15, 0.2) is 0 Å². The van der Waals surface area contributed by atoms with E-state index in [9.17, 15) is 9.90 Å². The first kappa shape index (κ1) is 17.5. The van der Waals surface area contributed by atoms with E-state index in [-0.39, 0.29) is 12.3 Å². The van der Waals surface area contributed by atoms with Crippen LogP contribution in [-0.4, -0.2) is 17.6 Å². The highest BCUT2D eigenvalue weighted by Crippen LogP contribution is 2.20. The molecule has 0 heterocycles. The minimum atomic E-state index is -0.857. The largest absolute Gasteiger partial charge is 0.388 e. The lowest BCUT2D eigenvalue weighted by molar-refractivity contribution is -0.118. The third kappa shape index (κ3) is 5.67. The highest BCUT2D eigenvalue weighted by molar-refractivity contribution is 6.30. The number of hydrogen-bond acceptors (Lipinski definition) is 3. The Morgan fingerprint density at radius 3 is 2.43 bits per heavy atom. The first-order valence-electron chi connectivity index (χ1n) is 7.48.